The fraction of sp³-hybridized carbons (Fsp3) is 0.458. The SMILES string of the molecule is Cc1ccc2nc(C3=CC4=CCC(N5CCN(C)[C@@H](C)C5)N=C4CCC3=O)cn2c1. The van der Waals surface area contributed by atoms with Gasteiger partial charge in [-0.1, -0.05) is 12.1 Å². The summed E-state index contributed by atoms with van der Waals surface area (Å²) in [5.41, 5.74) is 5.66. The standard InChI is InChI=1S/C24H29N5O/c1-16-4-8-24-26-21(15-29(24)13-16)19-12-18-5-9-23(25-20(18)6-7-22(19)30)28-11-10-27(3)17(2)14-28/h4-5,8,12-13,15,17,23H,6-7,9-11,14H2,1-3H3/t17-,23?/m0/s1. The third kappa shape index (κ3) is 3.55. The maximum Gasteiger partial charge on any atom is 0.165 e. The summed E-state index contributed by atoms with van der Waals surface area (Å²) in [6.45, 7) is 7.50. The Bertz CT molecular complexity index is 1090. The average Bonchev–Trinajstić information content (AvgIpc) is 3.07. The molecule has 30 heavy (non-hydrogen) atoms. The number of carbonyl (C=O) groups is 1. The highest BCUT2D eigenvalue weighted by atomic mass is 16.1. The van der Waals surface area contributed by atoms with E-state index in [2.05, 4.69) is 36.8 Å². The van der Waals surface area contributed by atoms with E-state index in [1.165, 1.54) is 5.56 Å². The lowest BCUT2D eigenvalue weighted by molar-refractivity contribution is -0.113. The minimum absolute atomic E-state index is 0.151. The molecule has 0 saturated carbocycles. The highest BCUT2D eigenvalue weighted by molar-refractivity contribution is 6.25. The van der Waals surface area contributed by atoms with Crippen LogP contribution < -0.4 is 0 Å². The van der Waals surface area contributed by atoms with Crippen LogP contribution in [0.5, 0.6) is 0 Å². The van der Waals surface area contributed by atoms with E-state index in [1.54, 1.807) is 0 Å². The molecule has 0 amide bonds. The summed E-state index contributed by atoms with van der Waals surface area (Å²) >= 11 is 0. The maximum atomic E-state index is 12.9. The van der Waals surface area contributed by atoms with Crippen molar-refractivity contribution in [2.45, 2.75) is 45.3 Å². The van der Waals surface area contributed by atoms with Crippen LogP contribution in [0.4, 0.5) is 0 Å². The second kappa shape index (κ2) is 7.60. The molecule has 156 valence electrons. The van der Waals surface area contributed by atoms with Gasteiger partial charge in [-0.25, -0.2) is 4.98 Å². The third-order valence-electron chi connectivity index (χ3n) is 6.66. The second-order valence-corrected chi connectivity index (χ2v) is 8.86. The lowest BCUT2D eigenvalue weighted by Crippen LogP contribution is -2.53. The smallest absolute Gasteiger partial charge is 0.165 e. The molecule has 1 fully saturated rings. The summed E-state index contributed by atoms with van der Waals surface area (Å²) in [4.78, 5) is 27.6. The topological polar surface area (TPSA) is 53.2 Å². The Kier molecular flexibility index (Phi) is 4.91. The van der Waals surface area contributed by atoms with Crippen molar-refractivity contribution in [1.29, 1.82) is 0 Å². The van der Waals surface area contributed by atoms with Crippen molar-refractivity contribution < 1.29 is 4.79 Å². The molecule has 6 heteroatoms. The molecule has 5 rings (SSSR count). The number of likely N-dealkylation sites (N-methyl/N-ethyl adjacent to an activating group) is 1. The van der Waals surface area contributed by atoms with Gasteiger partial charge in [0.25, 0.3) is 0 Å². The molecule has 6 nitrogen and oxygen atoms in total. The van der Waals surface area contributed by atoms with Crippen LogP contribution in [0, 0.1) is 6.92 Å². The van der Waals surface area contributed by atoms with Crippen molar-refractivity contribution in [2.24, 2.45) is 4.99 Å². The Morgan fingerprint density at radius 3 is 2.83 bits per heavy atom. The number of aromatic nitrogens is 2. The number of hydrogen-bond acceptors (Lipinski definition) is 5. The first-order valence-corrected chi connectivity index (χ1v) is 10.9. The summed E-state index contributed by atoms with van der Waals surface area (Å²) in [5, 5.41) is 0. The zero-order valence-electron chi connectivity index (χ0n) is 18.0. The average molecular weight is 404 g/mol. The van der Waals surface area contributed by atoms with Gasteiger partial charge in [0.05, 0.1) is 5.69 Å². The van der Waals surface area contributed by atoms with Crippen molar-refractivity contribution in [2.75, 3.05) is 26.7 Å². The van der Waals surface area contributed by atoms with Crippen LogP contribution in [0.15, 0.2) is 47.2 Å². The molecule has 0 radical (unpaired) electrons. The van der Waals surface area contributed by atoms with Gasteiger partial charge in [0.1, 0.15) is 11.8 Å². The van der Waals surface area contributed by atoms with Crippen molar-refractivity contribution in [3.63, 3.8) is 0 Å². The monoisotopic (exact) mass is 403 g/mol. The van der Waals surface area contributed by atoms with E-state index in [0.29, 0.717) is 24.5 Å². The minimum atomic E-state index is 0.151. The Morgan fingerprint density at radius 2 is 2.00 bits per heavy atom. The first-order valence-electron chi connectivity index (χ1n) is 10.9. The van der Waals surface area contributed by atoms with Gasteiger partial charge in [-0.15, -0.1) is 0 Å². The Balaban J connectivity index is 1.43. The molecular weight excluding hydrogens is 374 g/mol. The van der Waals surface area contributed by atoms with Gasteiger partial charge >= 0.3 is 0 Å². The Morgan fingerprint density at radius 1 is 1.13 bits per heavy atom. The van der Waals surface area contributed by atoms with E-state index in [-0.39, 0.29) is 11.9 Å². The maximum absolute atomic E-state index is 12.9. The van der Waals surface area contributed by atoms with Crippen LogP contribution in [0.1, 0.15) is 37.4 Å². The first-order chi connectivity index (χ1) is 14.5. The van der Waals surface area contributed by atoms with E-state index in [0.717, 1.165) is 48.7 Å². The lowest BCUT2D eigenvalue weighted by Gasteiger charge is -2.41. The molecule has 2 aliphatic heterocycles. The molecule has 0 spiro atoms. The molecule has 0 bridgehead atoms. The Hall–Kier alpha value is -2.57. The fourth-order valence-corrected chi connectivity index (χ4v) is 4.64. The van der Waals surface area contributed by atoms with Crippen LogP contribution in [-0.2, 0) is 4.79 Å². The molecule has 0 aromatic carbocycles. The van der Waals surface area contributed by atoms with Crippen LogP contribution >= 0.6 is 0 Å². The highest BCUT2D eigenvalue weighted by Crippen LogP contribution is 2.29. The molecule has 4 heterocycles. The predicted molar refractivity (Wildman–Crippen MR) is 120 cm³/mol. The van der Waals surface area contributed by atoms with Gasteiger partial charge in [0, 0.05) is 62.2 Å². The summed E-state index contributed by atoms with van der Waals surface area (Å²) in [6, 6.07) is 4.59. The number of allylic oxidation sites excluding steroid dienone is 3. The summed E-state index contributed by atoms with van der Waals surface area (Å²) < 4.78 is 2.00. The van der Waals surface area contributed by atoms with Gasteiger partial charge in [0.15, 0.2) is 5.78 Å². The van der Waals surface area contributed by atoms with Gasteiger partial charge < -0.3 is 9.30 Å². The molecule has 1 unspecified atom stereocenters. The summed E-state index contributed by atoms with van der Waals surface area (Å²) in [6.07, 6.45) is 10.6. The van der Waals surface area contributed by atoms with E-state index in [1.807, 2.05) is 35.0 Å². The van der Waals surface area contributed by atoms with Crippen LogP contribution in [-0.4, -0.2) is 69.6 Å². The number of hydrogen-bond donors (Lipinski definition) is 0. The highest BCUT2D eigenvalue weighted by Gasteiger charge is 2.30. The molecule has 3 aliphatic rings. The number of dihydropyridines is 1. The molecule has 2 aromatic heterocycles. The summed E-state index contributed by atoms with van der Waals surface area (Å²) in [5.74, 6) is 0.151. The van der Waals surface area contributed by atoms with E-state index in [4.69, 9.17) is 9.98 Å². The van der Waals surface area contributed by atoms with Crippen molar-refractivity contribution in [3.05, 3.63) is 53.5 Å². The van der Waals surface area contributed by atoms with E-state index in [9.17, 15) is 4.79 Å². The zero-order chi connectivity index (χ0) is 20.8. The number of fused-ring (bicyclic) bond motifs is 2. The number of nitrogens with zero attached hydrogens (tertiary/aromatic N) is 5. The quantitative estimate of drug-likeness (QED) is 0.773. The normalized spacial score (nSPS) is 26.1. The van der Waals surface area contributed by atoms with Crippen molar-refractivity contribution >= 4 is 22.7 Å². The van der Waals surface area contributed by atoms with Gasteiger partial charge in [0.2, 0.25) is 0 Å². The summed E-state index contributed by atoms with van der Waals surface area (Å²) in [7, 11) is 2.19. The Labute approximate surface area is 177 Å². The molecule has 2 atom stereocenters. The number of aryl methyl sites for hydroxylation is 1. The molecule has 1 saturated heterocycles. The molecule has 1 aliphatic carbocycles. The predicted octanol–water partition coefficient (Wildman–Crippen LogP) is 3.12. The van der Waals surface area contributed by atoms with Crippen molar-refractivity contribution in [3.8, 4) is 0 Å². The fourth-order valence-electron chi connectivity index (χ4n) is 4.64. The van der Waals surface area contributed by atoms with Gasteiger partial charge in [-0.3, -0.25) is 14.7 Å². The zero-order valence-corrected chi connectivity index (χ0v) is 18.0. The number of ketones is 1. The molecule has 0 N–H and O–H groups in total. The second-order valence-electron chi connectivity index (χ2n) is 8.86. The van der Waals surface area contributed by atoms with Crippen LogP contribution in [0.25, 0.3) is 11.2 Å². The number of carbonyl (C=O) groups excluding carboxylic acids is 1. The van der Waals surface area contributed by atoms with Crippen molar-refractivity contribution in [1.82, 2.24) is 19.2 Å². The first kappa shape index (κ1) is 19.4. The number of imidazole rings is 1. The number of pyridine rings is 1. The largest absolute Gasteiger partial charge is 0.306 e. The molecule has 2 aromatic rings. The van der Waals surface area contributed by atoms with E-state index < -0.39 is 0 Å². The van der Waals surface area contributed by atoms with Crippen LogP contribution in [0.2, 0.25) is 0 Å². The molecular formula is C24H29N5O. The number of Topliss-reactive ketones (excluding diaryl/α,β-unsaturated/α-hetero) is 1. The van der Waals surface area contributed by atoms with E-state index >= 15 is 0 Å². The number of aliphatic imine (C=N–C) groups is 1. The minimum Gasteiger partial charge on any atom is -0.306 e. The number of piperazine rings is 1. The third-order valence-corrected chi connectivity index (χ3v) is 6.66. The van der Waals surface area contributed by atoms with Gasteiger partial charge in [-0.05, 0) is 50.6 Å². The van der Waals surface area contributed by atoms with Gasteiger partial charge in [-0.2, -0.15) is 0 Å². The lowest BCUT2D eigenvalue weighted by atomic mass is 10.0. The number of rotatable bonds is 2. The van der Waals surface area contributed by atoms with Crippen LogP contribution in [0.3, 0.4) is 0 Å².